The number of aromatic nitrogens is 2. The van der Waals surface area contributed by atoms with Gasteiger partial charge in [-0.15, -0.1) is 0 Å². The van der Waals surface area contributed by atoms with E-state index in [2.05, 4.69) is 10.1 Å². The van der Waals surface area contributed by atoms with E-state index in [9.17, 15) is 9.59 Å². The topological polar surface area (TPSA) is 85.5 Å². The van der Waals surface area contributed by atoms with E-state index in [1.54, 1.807) is 4.90 Å². The zero-order valence-electron chi connectivity index (χ0n) is 17.2. The number of carbonyl (C=O) groups excluding carboxylic acids is 2. The molecule has 0 atom stereocenters. The number of benzene rings is 2. The van der Waals surface area contributed by atoms with Crippen molar-refractivity contribution >= 4 is 11.9 Å². The molecule has 0 spiro atoms. The molecule has 0 N–H and O–H groups in total. The largest absolute Gasteiger partial charge is 0.456 e. The van der Waals surface area contributed by atoms with Gasteiger partial charge >= 0.3 is 5.97 Å². The molecule has 7 heteroatoms. The molecule has 0 aliphatic carbocycles. The Morgan fingerprint density at radius 1 is 1.07 bits per heavy atom. The van der Waals surface area contributed by atoms with Gasteiger partial charge in [-0.3, -0.25) is 9.59 Å². The summed E-state index contributed by atoms with van der Waals surface area (Å²) in [6, 6.07) is 17.5. The molecule has 3 aromatic rings. The van der Waals surface area contributed by atoms with Gasteiger partial charge in [-0.25, -0.2) is 0 Å². The number of likely N-dealkylation sites (N-methyl/N-ethyl adjacent to an activating group) is 1. The predicted octanol–water partition coefficient (Wildman–Crippen LogP) is 3.57. The van der Waals surface area contributed by atoms with Crippen LogP contribution in [0.25, 0.3) is 11.4 Å². The van der Waals surface area contributed by atoms with Crippen molar-refractivity contribution in [3.63, 3.8) is 0 Å². The first-order valence-corrected chi connectivity index (χ1v) is 9.92. The minimum atomic E-state index is -0.478. The Hall–Kier alpha value is -3.48. The van der Waals surface area contributed by atoms with Crippen LogP contribution < -0.4 is 0 Å². The summed E-state index contributed by atoms with van der Waals surface area (Å²) in [5.74, 6) is 0.129. The highest BCUT2D eigenvalue weighted by atomic mass is 16.5. The molecule has 1 amide bonds. The molecule has 7 nitrogen and oxygen atoms in total. The standard InChI is InChI=1S/C23H25N3O4/c1-3-26(15-18-7-5-4-6-8-18)21(27)16-29-22(28)14-13-20-24-23(25-30-20)19-11-9-17(2)10-12-19/h4-12H,3,13-16H2,1-2H3. The highest BCUT2D eigenvalue weighted by Gasteiger charge is 2.16. The molecular formula is C23H25N3O4. The second-order valence-electron chi connectivity index (χ2n) is 6.93. The molecule has 0 aliphatic heterocycles. The monoisotopic (exact) mass is 407 g/mol. The van der Waals surface area contributed by atoms with Crippen LogP contribution in [0.2, 0.25) is 0 Å². The van der Waals surface area contributed by atoms with Crippen LogP contribution in [0.3, 0.4) is 0 Å². The number of ether oxygens (including phenoxy) is 1. The van der Waals surface area contributed by atoms with Crippen molar-refractivity contribution in [1.29, 1.82) is 0 Å². The number of nitrogens with zero attached hydrogens (tertiary/aromatic N) is 3. The Kier molecular flexibility index (Phi) is 7.32. The third kappa shape index (κ3) is 6.01. The van der Waals surface area contributed by atoms with Crippen molar-refractivity contribution in [1.82, 2.24) is 15.0 Å². The van der Waals surface area contributed by atoms with E-state index in [4.69, 9.17) is 9.26 Å². The first-order valence-electron chi connectivity index (χ1n) is 9.92. The molecule has 1 aromatic heterocycles. The molecule has 0 aliphatic rings. The van der Waals surface area contributed by atoms with Gasteiger partial charge in [-0.05, 0) is 19.4 Å². The van der Waals surface area contributed by atoms with Crippen LogP contribution in [-0.4, -0.2) is 40.1 Å². The lowest BCUT2D eigenvalue weighted by molar-refractivity contribution is -0.152. The van der Waals surface area contributed by atoms with Crippen LogP contribution in [0.4, 0.5) is 0 Å². The molecular weight excluding hydrogens is 382 g/mol. The van der Waals surface area contributed by atoms with E-state index >= 15 is 0 Å². The van der Waals surface area contributed by atoms with Crippen molar-refractivity contribution < 1.29 is 18.8 Å². The highest BCUT2D eigenvalue weighted by molar-refractivity contribution is 5.80. The van der Waals surface area contributed by atoms with Crippen molar-refractivity contribution in [3.8, 4) is 11.4 Å². The van der Waals surface area contributed by atoms with Crippen molar-refractivity contribution in [3.05, 3.63) is 71.6 Å². The van der Waals surface area contributed by atoms with Crippen molar-refractivity contribution in [2.24, 2.45) is 0 Å². The van der Waals surface area contributed by atoms with Crippen molar-refractivity contribution in [2.45, 2.75) is 33.2 Å². The van der Waals surface area contributed by atoms with Crippen LogP contribution in [0.5, 0.6) is 0 Å². The molecule has 1 heterocycles. The zero-order chi connectivity index (χ0) is 21.3. The third-order valence-electron chi connectivity index (χ3n) is 4.63. The Bertz CT molecular complexity index is 968. The van der Waals surface area contributed by atoms with Crippen molar-refractivity contribution in [2.75, 3.05) is 13.2 Å². The molecule has 0 saturated heterocycles. The van der Waals surface area contributed by atoms with Gasteiger partial charge in [0.15, 0.2) is 6.61 Å². The molecule has 30 heavy (non-hydrogen) atoms. The third-order valence-corrected chi connectivity index (χ3v) is 4.63. The summed E-state index contributed by atoms with van der Waals surface area (Å²) < 4.78 is 10.3. The maximum atomic E-state index is 12.3. The van der Waals surface area contributed by atoms with Gasteiger partial charge in [-0.1, -0.05) is 65.3 Å². The summed E-state index contributed by atoms with van der Waals surface area (Å²) in [6.07, 6.45) is 0.320. The van der Waals surface area contributed by atoms with Gasteiger partial charge in [-0.2, -0.15) is 4.98 Å². The Labute approximate surface area is 175 Å². The van der Waals surface area contributed by atoms with Crippen LogP contribution in [-0.2, 0) is 27.3 Å². The Morgan fingerprint density at radius 2 is 1.80 bits per heavy atom. The van der Waals surface area contributed by atoms with E-state index in [1.807, 2.05) is 68.4 Å². The van der Waals surface area contributed by atoms with Crippen LogP contribution >= 0.6 is 0 Å². The fourth-order valence-electron chi connectivity index (χ4n) is 2.87. The zero-order valence-corrected chi connectivity index (χ0v) is 17.2. The van der Waals surface area contributed by atoms with Gasteiger partial charge in [0, 0.05) is 25.1 Å². The van der Waals surface area contributed by atoms with Crippen LogP contribution in [0, 0.1) is 6.92 Å². The highest BCUT2D eigenvalue weighted by Crippen LogP contribution is 2.17. The summed E-state index contributed by atoms with van der Waals surface area (Å²) in [5, 5.41) is 3.94. The average molecular weight is 407 g/mol. The number of hydrogen-bond donors (Lipinski definition) is 0. The molecule has 0 bridgehead atoms. The van der Waals surface area contributed by atoms with E-state index in [0.29, 0.717) is 24.8 Å². The van der Waals surface area contributed by atoms with Gasteiger partial charge in [0.2, 0.25) is 11.7 Å². The Balaban J connectivity index is 1.44. The molecule has 0 saturated carbocycles. The maximum absolute atomic E-state index is 12.3. The summed E-state index contributed by atoms with van der Waals surface area (Å²) in [7, 11) is 0. The average Bonchev–Trinajstić information content (AvgIpc) is 3.24. The molecule has 0 radical (unpaired) electrons. The van der Waals surface area contributed by atoms with Gasteiger partial charge < -0.3 is 14.2 Å². The molecule has 0 fully saturated rings. The summed E-state index contributed by atoms with van der Waals surface area (Å²) in [6.45, 7) is 4.64. The first-order chi connectivity index (χ1) is 14.5. The van der Waals surface area contributed by atoms with Gasteiger partial charge in [0.05, 0.1) is 6.42 Å². The number of carbonyl (C=O) groups is 2. The minimum absolute atomic E-state index is 0.0631. The molecule has 156 valence electrons. The Morgan fingerprint density at radius 3 is 2.50 bits per heavy atom. The number of amides is 1. The van der Waals surface area contributed by atoms with E-state index in [1.165, 1.54) is 0 Å². The molecule has 3 rings (SSSR count). The van der Waals surface area contributed by atoms with Crippen LogP contribution in [0.1, 0.15) is 30.4 Å². The van der Waals surface area contributed by atoms with Gasteiger partial charge in [0.25, 0.3) is 5.91 Å². The fraction of sp³-hybridized carbons (Fsp3) is 0.304. The van der Waals surface area contributed by atoms with E-state index in [-0.39, 0.29) is 25.4 Å². The van der Waals surface area contributed by atoms with E-state index < -0.39 is 5.97 Å². The quantitative estimate of drug-likeness (QED) is 0.504. The lowest BCUT2D eigenvalue weighted by Crippen LogP contribution is -2.34. The summed E-state index contributed by atoms with van der Waals surface area (Å²) >= 11 is 0. The maximum Gasteiger partial charge on any atom is 0.306 e. The lowest BCUT2D eigenvalue weighted by atomic mass is 10.1. The summed E-state index contributed by atoms with van der Waals surface area (Å²) in [4.78, 5) is 30.3. The summed E-state index contributed by atoms with van der Waals surface area (Å²) in [5.41, 5.74) is 3.02. The smallest absolute Gasteiger partial charge is 0.306 e. The predicted molar refractivity (Wildman–Crippen MR) is 111 cm³/mol. The fourth-order valence-corrected chi connectivity index (χ4v) is 2.87. The first kappa shape index (κ1) is 21.2. The number of aryl methyl sites for hydroxylation is 2. The van der Waals surface area contributed by atoms with E-state index in [0.717, 1.165) is 16.7 Å². The lowest BCUT2D eigenvalue weighted by Gasteiger charge is -2.20. The second-order valence-corrected chi connectivity index (χ2v) is 6.93. The molecule has 2 aromatic carbocycles. The second kappa shape index (κ2) is 10.3. The minimum Gasteiger partial charge on any atom is -0.456 e. The molecule has 0 unspecified atom stereocenters. The number of hydrogen-bond acceptors (Lipinski definition) is 6. The van der Waals surface area contributed by atoms with Crippen LogP contribution in [0.15, 0.2) is 59.1 Å². The number of esters is 1. The van der Waals surface area contributed by atoms with Gasteiger partial charge in [0.1, 0.15) is 0 Å². The SMILES string of the molecule is CCN(Cc1ccccc1)C(=O)COC(=O)CCc1nc(-c2ccc(C)cc2)no1. The normalized spacial score (nSPS) is 10.6. The number of rotatable bonds is 9.